The van der Waals surface area contributed by atoms with Crippen molar-refractivity contribution in [2.45, 2.75) is 19.3 Å². The van der Waals surface area contributed by atoms with Crippen LogP contribution < -0.4 is 0 Å². The number of aromatic amines is 1. The van der Waals surface area contributed by atoms with E-state index in [1.54, 1.807) is 5.56 Å². The molecule has 1 saturated heterocycles. The topological polar surface area (TPSA) is 19.0 Å². The normalized spacial score (nSPS) is 26.2. The van der Waals surface area contributed by atoms with Gasteiger partial charge in [-0.2, -0.15) is 0 Å². The van der Waals surface area contributed by atoms with Crippen molar-refractivity contribution in [3.63, 3.8) is 0 Å². The van der Waals surface area contributed by atoms with Crippen LogP contribution in [0.2, 0.25) is 0 Å². The number of benzene rings is 1. The third-order valence-corrected chi connectivity index (χ3v) is 5.20. The van der Waals surface area contributed by atoms with Crippen molar-refractivity contribution >= 4 is 10.9 Å². The molecular weight excluding hydrogens is 244 g/mol. The number of hydrogen-bond donors (Lipinski definition) is 1. The lowest BCUT2D eigenvalue weighted by Crippen LogP contribution is -2.43. The van der Waals surface area contributed by atoms with E-state index in [0.29, 0.717) is 0 Å². The SMILES string of the molecule is C=CCN1CCC2Cc3[nH]c4ccccc4c3CC2C1. The lowest BCUT2D eigenvalue weighted by Gasteiger charge is -2.41. The van der Waals surface area contributed by atoms with Gasteiger partial charge in [-0.1, -0.05) is 24.3 Å². The minimum atomic E-state index is 0.829. The van der Waals surface area contributed by atoms with E-state index >= 15 is 0 Å². The van der Waals surface area contributed by atoms with Gasteiger partial charge in [0.1, 0.15) is 0 Å². The van der Waals surface area contributed by atoms with E-state index in [4.69, 9.17) is 0 Å². The minimum Gasteiger partial charge on any atom is -0.358 e. The van der Waals surface area contributed by atoms with Crippen molar-refractivity contribution < 1.29 is 0 Å². The van der Waals surface area contributed by atoms with Crippen LogP contribution in [0.3, 0.4) is 0 Å². The molecule has 2 atom stereocenters. The molecule has 20 heavy (non-hydrogen) atoms. The van der Waals surface area contributed by atoms with Crippen molar-refractivity contribution in [2.75, 3.05) is 19.6 Å². The number of piperidine rings is 1. The molecule has 0 bridgehead atoms. The first-order chi connectivity index (χ1) is 9.85. The Morgan fingerprint density at radius 2 is 2.15 bits per heavy atom. The van der Waals surface area contributed by atoms with E-state index in [9.17, 15) is 0 Å². The maximum atomic E-state index is 3.88. The van der Waals surface area contributed by atoms with Crippen LogP contribution in [0, 0.1) is 11.8 Å². The monoisotopic (exact) mass is 266 g/mol. The van der Waals surface area contributed by atoms with Crippen molar-refractivity contribution in [1.29, 1.82) is 0 Å². The lowest BCUT2D eigenvalue weighted by atomic mass is 9.74. The second kappa shape index (κ2) is 4.78. The van der Waals surface area contributed by atoms with Gasteiger partial charge in [0.2, 0.25) is 0 Å². The molecule has 1 aromatic heterocycles. The summed E-state index contributed by atoms with van der Waals surface area (Å²) in [4.78, 5) is 6.22. The predicted octanol–water partition coefficient (Wildman–Crippen LogP) is 3.39. The highest BCUT2D eigenvalue weighted by Gasteiger charge is 2.34. The Hall–Kier alpha value is -1.54. The fourth-order valence-corrected chi connectivity index (χ4v) is 4.19. The Morgan fingerprint density at radius 3 is 3.05 bits per heavy atom. The van der Waals surface area contributed by atoms with Gasteiger partial charge in [-0.05, 0) is 49.3 Å². The molecule has 1 aliphatic carbocycles. The first-order valence-electron chi connectivity index (χ1n) is 7.77. The minimum absolute atomic E-state index is 0.829. The third-order valence-electron chi connectivity index (χ3n) is 5.20. The second-order valence-corrected chi connectivity index (χ2v) is 6.39. The molecule has 104 valence electrons. The summed E-state index contributed by atoms with van der Waals surface area (Å²) in [6.45, 7) is 7.41. The van der Waals surface area contributed by atoms with E-state index in [1.165, 1.54) is 48.9 Å². The van der Waals surface area contributed by atoms with Crippen molar-refractivity contribution in [3.8, 4) is 0 Å². The molecule has 0 radical (unpaired) electrons. The van der Waals surface area contributed by atoms with Gasteiger partial charge < -0.3 is 4.98 Å². The maximum Gasteiger partial charge on any atom is 0.0458 e. The molecule has 2 nitrogen and oxygen atoms in total. The smallest absolute Gasteiger partial charge is 0.0458 e. The first kappa shape index (κ1) is 12.2. The van der Waals surface area contributed by atoms with Gasteiger partial charge in [0.15, 0.2) is 0 Å². The summed E-state index contributed by atoms with van der Waals surface area (Å²) in [5, 5.41) is 1.45. The maximum absolute atomic E-state index is 3.88. The molecule has 1 aromatic carbocycles. The van der Waals surface area contributed by atoms with Crippen molar-refractivity contribution in [1.82, 2.24) is 9.88 Å². The second-order valence-electron chi connectivity index (χ2n) is 6.39. The summed E-state index contributed by atoms with van der Waals surface area (Å²) >= 11 is 0. The molecular formula is C18H22N2. The average Bonchev–Trinajstić information content (AvgIpc) is 2.83. The molecule has 2 unspecified atom stereocenters. The van der Waals surface area contributed by atoms with Gasteiger partial charge in [0.05, 0.1) is 0 Å². The van der Waals surface area contributed by atoms with Gasteiger partial charge in [0, 0.05) is 29.7 Å². The Bertz CT molecular complexity index is 640. The van der Waals surface area contributed by atoms with E-state index in [2.05, 4.69) is 40.7 Å². The molecule has 1 aliphatic heterocycles. The molecule has 2 aliphatic rings. The zero-order valence-corrected chi connectivity index (χ0v) is 11.9. The van der Waals surface area contributed by atoms with Crippen LogP contribution in [0.15, 0.2) is 36.9 Å². The Labute approximate surface area is 120 Å². The van der Waals surface area contributed by atoms with E-state index in [0.717, 1.165) is 18.4 Å². The summed E-state index contributed by atoms with van der Waals surface area (Å²) in [5.74, 6) is 1.70. The highest BCUT2D eigenvalue weighted by molar-refractivity contribution is 5.84. The third kappa shape index (κ3) is 1.90. The van der Waals surface area contributed by atoms with Crippen LogP contribution in [-0.2, 0) is 12.8 Å². The number of nitrogens with zero attached hydrogens (tertiary/aromatic N) is 1. The summed E-state index contributed by atoms with van der Waals surface area (Å²) in [5.41, 5.74) is 4.41. The van der Waals surface area contributed by atoms with Crippen LogP contribution in [0.4, 0.5) is 0 Å². The van der Waals surface area contributed by atoms with Gasteiger partial charge in [-0.15, -0.1) is 6.58 Å². The van der Waals surface area contributed by atoms with Crippen LogP contribution in [0.5, 0.6) is 0 Å². The number of rotatable bonds is 2. The summed E-state index contributed by atoms with van der Waals surface area (Å²) in [7, 11) is 0. The highest BCUT2D eigenvalue weighted by atomic mass is 15.1. The van der Waals surface area contributed by atoms with E-state index in [-0.39, 0.29) is 0 Å². The number of aromatic nitrogens is 1. The molecule has 2 heteroatoms. The molecule has 2 aromatic rings. The summed E-state index contributed by atoms with van der Waals surface area (Å²) in [6.07, 6.45) is 5.88. The predicted molar refractivity (Wildman–Crippen MR) is 83.9 cm³/mol. The van der Waals surface area contributed by atoms with Gasteiger partial charge in [-0.25, -0.2) is 0 Å². The van der Waals surface area contributed by atoms with Gasteiger partial charge in [-0.3, -0.25) is 4.90 Å². The lowest BCUT2D eigenvalue weighted by molar-refractivity contribution is 0.122. The highest BCUT2D eigenvalue weighted by Crippen LogP contribution is 2.38. The quantitative estimate of drug-likeness (QED) is 0.826. The number of likely N-dealkylation sites (tertiary alicyclic amines) is 1. The van der Waals surface area contributed by atoms with E-state index < -0.39 is 0 Å². The number of nitrogens with one attached hydrogen (secondary N) is 1. The van der Waals surface area contributed by atoms with Crippen LogP contribution >= 0.6 is 0 Å². The zero-order chi connectivity index (χ0) is 13.5. The average molecular weight is 266 g/mol. The van der Waals surface area contributed by atoms with Crippen molar-refractivity contribution in [2.24, 2.45) is 11.8 Å². The molecule has 4 rings (SSSR count). The van der Waals surface area contributed by atoms with Crippen LogP contribution in [0.1, 0.15) is 17.7 Å². The Balaban J connectivity index is 1.66. The Kier molecular flexibility index (Phi) is 2.92. The van der Waals surface area contributed by atoms with Gasteiger partial charge >= 0.3 is 0 Å². The fraction of sp³-hybridized carbons (Fsp3) is 0.444. The number of fused-ring (bicyclic) bond motifs is 4. The van der Waals surface area contributed by atoms with E-state index in [1.807, 2.05) is 6.08 Å². The summed E-state index contributed by atoms with van der Waals surface area (Å²) < 4.78 is 0. The molecule has 0 spiro atoms. The molecule has 1 fully saturated rings. The Morgan fingerprint density at radius 1 is 1.25 bits per heavy atom. The number of hydrogen-bond acceptors (Lipinski definition) is 1. The number of para-hydroxylation sites is 1. The largest absolute Gasteiger partial charge is 0.358 e. The van der Waals surface area contributed by atoms with Crippen molar-refractivity contribution in [3.05, 3.63) is 48.2 Å². The van der Waals surface area contributed by atoms with Crippen LogP contribution in [0.25, 0.3) is 10.9 Å². The summed E-state index contributed by atoms with van der Waals surface area (Å²) in [6, 6.07) is 8.77. The first-order valence-corrected chi connectivity index (χ1v) is 7.77. The molecule has 0 amide bonds. The molecule has 1 N–H and O–H groups in total. The zero-order valence-electron chi connectivity index (χ0n) is 11.9. The fourth-order valence-electron chi connectivity index (χ4n) is 4.19. The number of H-pyrrole nitrogens is 1. The van der Waals surface area contributed by atoms with Crippen LogP contribution in [-0.4, -0.2) is 29.5 Å². The van der Waals surface area contributed by atoms with Gasteiger partial charge in [0.25, 0.3) is 0 Å². The molecule has 0 saturated carbocycles. The standard InChI is InChI=1S/C18H22N2/c1-2-8-20-9-7-13-11-18-16(10-14(13)12-20)15-5-3-4-6-17(15)19-18/h2-6,13-14,19H,1,7-12H2. The molecule has 2 heterocycles.